The number of nitrogens with zero attached hydrogens (tertiary/aromatic N) is 2. The summed E-state index contributed by atoms with van der Waals surface area (Å²) < 4.78 is 19.3. The Morgan fingerprint density at radius 1 is 0.750 bits per heavy atom. The van der Waals surface area contributed by atoms with E-state index >= 15 is 0 Å². The minimum atomic E-state index is 0.0498. The van der Waals surface area contributed by atoms with E-state index in [9.17, 15) is 5.11 Å². The highest BCUT2D eigenvalue weighted by atomic mass is 16.5. The molecule has 5 aromatic rings. The van der Waals surface area contributed by atoms with Gasteiger partial charge < -0.3 is 28.8 Å². The van der Waals surface area contributed by atoms with Gasteiger partial charge in [-0.05, 0) is 30.7 Å². The number of anilines is 2. The number of para-hydroxylation sites is 2. The number of fused-ring (bicyclic) bond motifs is 4. The van der Waals surface area contributed by atoms with E-state index in [1.807, 2.05) is 12.1 Å². The van der Waals surface area contributed by atoms with Gasteiger partial charge in [0, 0.05) is 57.8 Å². The minimum Gasteiger partial charge on any atom is -0.504 e. The second-order valence-corrected chi connectivity index (χ2v) is 8.98. The van der Waals surface area contributed by atoms with Crippen molar-refractivity contribution in [2.24, 2.45) is 0 Å². The number of aromatic hydroxyl groups is 1. The first-order valence-electron chi connectivity index (χ1n) is 12.0. The molecule has 0 spiro atoms. The van der Waals surface area contributed by atoms with Crippen LogP contribution in [0.25, 0.3) is 21.8 Å². The molecule has 6 heteroatoms. The van der Waals surface area contributed by atoms with Gasteiger partial charge in [-0.2, -0.15) is 0 Å². The van der Waals surface area contributed by atoms with Crippen molar-refractivity contribution in [2.75, 3.05) is 32.8 Å². The van der Waals surface area contributed by atoms with E-state index in [1.54, 1.807) is 33.5 Å². The molecule has 0 amide bonds. The van der Waals surface area contributed by atoms with Crippen LogP contribution in [-0.4, -0.2) is 37.5 Å². The fourth-order valence-corrected chi connectivity index (χ4v) is 5.61. The molecule has 1 atom stereocenters. The number of hydrogen-bond donors (Lipinski definition) is 1. The fourth-order valence-electron chi connectivity index (χ4n) is 5.61. The van der Waals surface area contributed by atoms with Crippen LogP contribution in [0.1, 0.15) is 18.0 Å². The number of methoxy groups -OCH3 is 3. The maximum atomic E-state index is 10.5. The first-order chi connectivity index (χ1) is 17.6. The minimum absolute atomic E-state index is 0.0498. The number of rotatable bonds is 5. The molecule has 1 aliphatic heterocycles. The molecule has 1 aromatic heterocycles. The van der Waals surface area contributed by atoms with Gasteiger partial charge in [-0.25, -0.2) is 0 Å². The number of phenolic OH excluding ortho intramolecular Hbond substituents is 1. The quantitative estimate of drug-likeness (QED) is 0.305. The van der Waals surface area contributed by atoms with Gasteiger partial charge in [0.1, 0.15) is 11.5 Å². The Bertz CT molecular complexity index is 1540. The lowest BCUT2D eigenvalue weighted by Crippen LogP contribution is -2.30. The van der Waals surface area contributed by atoms with Gasteiger partial charge in [0.15, 0.2) is 11.5 Å². The Hall–Kier alpha value is -4.32. The molecule has 6 nitrogen and oxygen atoms in total. The largest absolute Gasteiger partial charge is 0.504 e. The lowest BCUT2D eigenvalue weighted by molar-refractivity contribution is 0.373. The lowest BCUT2D eigenvalue weighted by Gasteiger charge is -2.38. The van der Waals surface area contributed by atoms with Crippen LogP contribution in [0, 0.1) is 0 Å². The van der Waals surface area contributed by atoms with Gasteiger partial charge in [0.25, 0.3) is 0 Å². The van der Waals surface area contributed by atoms with Crippen molar-refractivity contribution in [1.82, 2.24) is 4.57 Å². The summed E-state index contributed by atoms with van der Waals surface area (Å²) in [5.74, 6) is 2.05. The normalized spacial score (nSPS) is 15.2. The molecular weight excluding hydrogens is 452 g/mol. The molecule has 0 fully saturated rings. The van der Waals surface area contributed by atoms with Gasteiger partial charge in [0.2, 0.25) is 0 Å². The van der Waals surface area contributed by atoms with Crippen molar-refractivity contribution < 1.29 is 19.3 Å². The summed E-state index contributed by atoms with van der Waals surface area (Å²) in [4.78, 5) is 2.21. The second kappa shape index (κ2) is 8.72. The van der Waals surface area contributed by atoms with Gasteiger partial charge in [0.05, 0.1) is 33.1 Å². The van der Waals surface area contributed by atoms with E-state index in [4.69, 9.17) is 14.2 Å². The maximum Gasteiger partial charge on any atom is 0.160 e. The van der Waals surface area contributed by atoms with E-state index in [2.05, 4.69) is 64.1 Å². The first-order valence-corrected chi connectivity index (χ1v) is 12.0. The fraction of sp³-hybridized carbons (Fsp3) is 0.200. The molecule has 2 heterocycles. The van der Waals surface area contributed by atoms with Gasteiger partial charge in [-0.15, -0.1) is 0 Å². The molecule has 6 rings (SSSR count). The number of hydrogen-bond acceptors (Lipinski definition) is 5. The summed E-state index contributed by atoms with van der Waals surface area (Å²) >= 11 is 0. The van der Waals surface area contributed by atoms with E-state index in [0.29, 0.717) is 5.75 Å². The van der Waals surface area contributed by atoms with Crippen LogP contribution in [0.2, 0.25) is 0 Å². The summed E-state index contributed by atoms with van der Waals surface area (Å²) in [7, 11) is 4.92. The monoisotopic (exact) mass is 480 g/mol. The van der Waals surface area contributed by atoms with Crippen LogP contribution in [0.3, 0.4) is 0 Å². The van der Waals surface area contributed by atoms with Crippen molar-refractivity contribution in [3.63, 3.8) is 0 Å². The van der Waals surface area contributed by atoms with Crippen molar-refractivity contribution in [2.45, 2.75) is 12.5 Å². The van der Waals surface area contributed by atoms with E-state index < -0.39 is 0 Å². The topological polar surface area (TPSA) is 56.1 Å². The molecule has 182 valence electrons. The number of benzene rings is 4. The Labute approximate surface area is 209 Å². The molecule has 0 saturated carbocycles. The molecule has 4 aromatic carbocycles. The predicted octanol–water partition coefficient (Wildman–Crippen LogP) is 6.66. The number of aromatic nitrogens is 1. The average Bonchev–Trinajstić information content (AvgIpc) is 3.26. The molecule has 0 saturated heterocycles. The third-order valence-electron chi connectivity index (χ3n) is 7.20. The van der Waals surface area contributed by atoms with E-state index in [0.717, 1.165) is 41.4 Å². The van der Waals surface area contributed by atoms with Crippen LogP contribution >= 0.6 is 0 Å². The third-order valence-corrected chi connectivity index (χ3v) is 7.20. The Morgan fingerprint density at radius 2 is 1.42 bits per heavy atom. The third kappa shape index (κ3) is 3.33. The highest BCUT2D eigenvalue weighted by molar-refractivity contribution is 6.08. The average molecular weight is 481 g/mol. The number of phenols is 1. The van der Waals surface area contributed by atoms with Gasteiger partial charge in [-0.1, -0.05) is 36.4 Å². The maximum absolute atomic E-state index is 10.5. The van der Waals surface area contributed by atoms with Crippen molar-refractivity contribution in [3.8, 4) is 23.0 Å². The predicted molar refractivity (Wildman–Crippen MR) is 143 cm³/mol. The second-order valence-electron chi connectivity index (χ2n) is 8.98. The van der Waals surface area contributed by atoms with Gasteiger partial charge >= 0.3 is 0 Å². The molecule has 0 aliphatic carbocycles. The summed E-state index contributed by atoms with van der Waals surface area (Å²) in [5, 5.41) is 13.0. The summed E-state index contributed by atoms with van der Waals surface area (Å²) in [5.41, 5.74) is 5.36. The molecular formula is C30H28N2O4. The smallest absolute Gasteiger partial charge is 0.160 e. The zero-order valence-corrected chi connectivity index (χ0v) is 20.6. The van der Waals surface area contributed by atoms with Gasteiger partial charge in [-0.3, -0.25) is 0 Å². The van der Waals surface area contributed by atoms with Crippen LogP contribution in [-0.2, 0) is 0 Å². The summed E-state index contributed by atoms with van der Waals surface area (Å²) in [6, 6.07) is 26.7. The highest BCUT2D eigenvalue weighted by Crippen LogP contribution is 2.49. The summed E-state index contributed by atoms with van der Waals surface area (Å²) in [6.45, 7) is 0.751. The first kappa shape index (κ1) is 22.2. The Morgan fingerprint density at radius 3 is 2.03 bits per heavy atom. The van der Waals surface area contributed by atoms with Crippen LogP contribution < -0.4 is 19.1 Å². The summed E-state index contributed by atoms with van der Waals surface area (Å²) in [6.07, 6.45) is 0.852. The number of ether oxygens (including phenoxy) is 3. The standard InChI is InChI=1S/C30H28N2O4/c1-34-20-17-26-30(29(18-20)36-3)25(14-15-31(26)19-12-13-28(35-2)27(33)16-19)32-23-10-6-4-8-21(23)22-9-5-7-11-24(22)32/h4-13,16-18,25,33H,14-15H2,1-3H3. The van der Waals surface area contributed by atoms with E-state index in [1.165, 1.54) is 21.8 Å². The zero-order chi connectivity index (χ0) is 24.8. The molecule has 1 N–H and O–H groups in total. The van der Waals surface area contributed by atoms with Crippen LogP contribution in [0.15, 0.2) is 78.9 Å². The SMILES string of the molecule is COc1cc(OC)c2c(c1)N(c1ccc(OC)c(O)c1)CCC2n1c2ccccc2c2ccccc21. The Kier molecular flexibility index (Phi) is 5.37. The molecule has 0 radical (unpaired) electrons. The van der Waals surface area contributed by atoms with Crippen molar-refractivity contribution in [1.29, 1.82) is 0 Å². The zero-order valence-electron chi connectivity index (χ0n) is 20.6. The van der Waals surface area contributed by atoms with E-state index in [-0.39, 0.29) is 11.8 Å². The van der Waals surface area contributed by atoms with Crippen molar-refractivity contribution in [3.05, 3.63) is 84.4 Å². The van der Waals surface area contributed by atoms with Crippen molar-refractivity contribution >= 4 is 33.2 Å². The van der Waals surface area contributed by atoms with Crippen LogP contribution in [0.5, 0.6) is 23.0 Å². The Balaban J connectivity index is 1.61. The highest BCUT2D eigenvalue weighted by Gasteiger charge is 2.33. The molecule has 36 heavy (non-hydrogen) atoms. The lowest BCUT2D eigenvalue weighted by atomic mass is 9.93. The molecule has 0 bridgehead atoms. The van der Waals surface area contributed by atoms with Crippen LogP contribution in [0.4, 0.5) is 11.4 Å². The molecule has 1 aliphatic rings. The molecule has 1 unspecified atom stereocenters.